The van der Waals surface area contributed by atoms with Crippen molar-refractivity contribution in [2.45, 2.75) is 6.92 Å². The highest BCUT2D eigenvalue weighted by atomic mass is 16.5. The number of phenolic OH excluding ortho intramolecular Hbond substituents is 1. The molecule has 166 valence electrons. The van der Waals surface area contributed by atoms with E-state index in [2.05, 4.69) is 10.3 Å². The van der Waals surface area contributed by atoms with E-state index in [1.165, 1.54) is 0 Å². The molecular formula is C26H22N2O5. The van der Waals surface area contributed by atoms with Gasteiger partial charge in [-0.2, -0.15) is 0 Å². The molecule has 0 radical (unpaired) electrons. The van der Waals surface area contributed by atoms with Gasteiger partial charge in [0.1, 0.15) is 11.5 Å². The van der Waals surface area contributed by atoms with Gasteiger partial charge in [-0.15, -0.1) is 0 Å². The predicted octanol–water partition coefficient (Wildman–Crippen LogP) is 4.80. The summed E-state index contributed by atoms with van der Waals surface area (Å²) in [5, 5.41) is 12.9. The minimum atomic E-state index is -0.637. The Morgan fingerprint density at radius 3 is 2.48 bits per heavy atom. The van der Waals surface area contributed by atoms with E-state index in [0.717, 1.165) is 5.56 Å². The van der Waals surface area contributed by atoms with Gasteiger partial charge in [0.15, 0.2) is 6.61 Å². The normalized spacial score (nSPS) is 10.6. The second-order valence-corrected chi connectivity index (χ2v) is 7.17. The number of para-hydroxylation sites is 3. The number of fused-ring (bicyclic) bond motifs is 1. The van der Waals surface area contributed by atoms with Crippen molar-refractivity contribution in [2.24, 2.45) is 0 Å². The molecule has 4 rings (SSSR count). The zero-order chi connectivity index (χ0) is 23.2. The van der Waals surface area contributed by atoms with Crippen LogP contribution in [0, 0.1) is 0 Å². The average molecular weight is 442 g/mol. The number of aromatic hydroxyl groups is 1. The van der Waals surface area contributed by atoms with Crippen LogP contribution in [0.1, 0.15) is 17.3 Å². The van der Waals surface area contributed by atoms with Crippen LogP contribution in [0.3, 0.4) is 0 Å². The number of phenols is 1. The minimum Gasteiger partial charge on any atom is -0.508 e. The van der Waals surface area contributed by atoms with Gasteiger partial charge in [0.05, 0.1) is 29.1 Å². The van der Waals surface area contributed by atoms with Crippen LogP contribution in [0.2, 0.25) is 0 Å². The highest BCUT2D eigenvalue weighted by Crippen LogP contribution is 2.27. The highest BCUT2D eigenvalue weighted by molar-refractivity contribution is 6.05. The van der Waals surface area contributed by atoms with E-state index in [1.807, 2.05) is 13.0 Å². The van der Waals surface area contributed by atoms with Crippen molar-refractivity contribution in [3.8, 4) is 22.8 Å². The standard InChI is InChI=1S/C26H22N2O5/c1-2-32-24-10-6-5-9-22(24)28-25(30)16-33-26(31)20-15-23(17-11-13-18(29)14-12-17)27-21-8-4-3-7-19(20)21/h3-15,29H,2,16H2,1H3,(H,28,30). The van der Waals surface area contributed by atoms with Gasteiger partial charge in [-0.25, -0.2) is 9.78 Å². The highest BCUT2D eigenvalue weighted by Gasteiger charge is 2.17. The molecule has 0 unspecified atom stereocenters. The molecule has 0 fully saturated rings. The summed E-state index contributed by atoms with van der Waals surface area (Å²) in [6.45, 7) is 1.86. The summed E-state index contributed by atoms with van der Waals surface area (Å²) >= 11 is 0. The van der Waals surface area contributed by atoms with E-state index in [0.29, 0.717) is 40.2 Å². The Kier molecular flexibility index (Phi) is 6.50. The molecule has 1 aromatic heterocycles. The summed E-state index contributed by atoms with van der Waals surface area (Å²) in [5.41, 5.74) is 2.70. The zero-order valence-corrected chi connectivity index (χ0v) is 17.9. The lowest BCUT2D eigenvalue weighted by atomic mass is 10.0. The first-order chi connectivity index (χ1) is 16.0. The second-order valence-electron chi connectivity index (χ2n) is 7.17. The van der Waals surface area contributed by atoms with Crippen molar-refractivity contribution in [1.29, 1.82) is 0 Å². The van der Waals surface area contributed by atoms with Gasteiger partial charge in [-0.1, -0.05) is 30.3 Å². The second kappa shape index (κ2) is 9.82. The Hall–Kier alpha value is -4.39. The van der Waals surface area contributed by atoms with Crippen LogP contribution in [0.15, 0.2) is 78.9 Å². The Bertz CT molecular complexity index is 1300. The fourth-order valence-electron chi connectivity index (χ4n) is 3.37. The van der Waals surface area contributed by atoms with Crippen LogP contribution in [0.5, 0.6) is 11.5 Å². The maximum Gasteiger partial charge on any atom is 0.339 e. The molecule has 7 heteroatoms. The number of nitrogens with one attached hydrogen (secondary N) is 1. The van der Waals surface area contributed by atoms with Crippen molar-refractivity contribution in [1.82, 2.24) is 4.98 Å². The van der Waals surface area contributed by atoms with Crippen LogP contribution >= 0.6 is 0 Å². The fourth-order valence-corrected chi connectivity index (χ4v) is 3.37. The van der Waals surface area contributed by atoms with Crippen LogP contribution in [-0.2, 0) is 9.53 Å². The van der Waals surface area contributed by atoms with Gasteiger partial charge < -0.3 is 19.9 Å². The van der Waals surface area contributed by atoms with Crippen molar-refractivity contribution in [3.05, 3.63) is 84.4 Å². The Balaban J connectivity index is 1.54. The molecule has 7 nitrogen and oxygen atoms in total. The molecule has 1 heterocycles. The molecule has 4 aromatic rings. The SMILES string of the molecule is CCOc1ccccc1NC(=O)COC(=O)c1cc(-c2ccc(O)cc2)nc2ccccc12. The van der Waals surface area contributed by atoms with Crippen LogP contribution < -0.4 is 10.1 Å². The quantitative estimate of drug-likeness (QED) is 0.399. The molecule has 0 bridgehead atoms. The predicted molar refractivity (Wildman–Crippen MR) is 125 cm³/mol. The van der Waals surface area contributed by atoms with Crippen LogP contribution in [0.25, 0.3) is 22.2 Å². The lowest BCUT2D eigenvalue weighted by Gasteiger charge is -2.12. The number of pyridine rings is 1. The van der Waals surface area contributed by atoms with E-state index < -0.39 is 18.5 Å². The molecule has 0 spiro atoms. The van der Waals surface area contributed by atoms with Gasteiger partial charge in [0, 0.05) is 10.9 Å². The lowest BCUT2D eigenvalue weighted by Crippen LogP contribution is -2.21. The summed E-state index contributed by atoms with van der Waals surface area (Å²) < 4.78 is 10.8. The van der Waals surface area contributed by atoms with E-state index >= 15 is 0 Å². The molecule has 0 saturated carbocycles. The van der Waals surface area contributed by atoms with E-state index in [9.17, 15) is 14.7 Å². The number of ether oxygens (including phenoxy) is 2. The molecule has 0 aliphatic heterocycles. The number of rotatable bonds is 7. The molecule has 0 aliphatic rings. The summed E-state index contributed by atoms with van der Waals surface area (Å²) in [5.74, 6) is -0.441. The maximum absolute atomic E-state index is 12.9. The van der Waals surface area contributed by atoms with E-state index in [1.54, 1.807) is 72.8 Å². The van der Waals surface area contributed by atoms with Crippen LogP contribution in [0.4, 0.5) is 5.69 Å². The van der Waals surface area contributed by atoms with Gasteiger partial charge in [-0.3, -0.25) is 4.79 Å². The van der Waals surface area contributed by atoms with Gasteiger partial charge >= 0.3 is 5.97 Å². The summed E-state index contributed by atoms with van der Waals surface area (Å²) in [6, 6.07) is 22.4. The lowest BCUT2D eigenvalue weighted by molar-refractivity contribution is -0.119. The number of hydrogen-bond donors (Lipinski definition) is 2. The first-order valence-electron chi connectivity index (χ1n) is 10.4. The molecule has 0 saturated heterocycles. The van der Waals surface area contributed by atoms with Crippen molar-refractivity contribution >= 4 is 28.5 Å². The molecule has 1 amide bonds. The Labute approximate surface area is 190 Å². The Morgan fingerprint density at radius 2 is 1.70 bits per heavy atom. The number of amides is 1. The first kappa shape index (κ1) is 21.8. The number of carbonyl (C=O) groups excluding carboxylic acids is 2. The van der Waals surface area contributed by atoms with Crippen molar-refractivity contribution < 1.29 is 24.2 Å². The third-order valence-electron chi connectivity index (χ3n) is 4.89. The van der Waals surface area contributed by atoms with Crippen molar-refractivity contribution in [3.63, 3.8) is 0 Å². The zero-order valence-electron chi connectivity index (χ0n) is 17.9. The number of hydrogen-bond acceptors (Lipinski definition) is 6. The average Bonchev–Trinajstić information content (AvgIpc) is 2.83. The summed E-state index contributed by atoms with van der Waals surface area (Å²) in [6.07, 6.45) is 0. The maximum atomic E-state index is 12.9. The number of carbonyl (C=O) groups is 2. The molecule has 2 N–H and O–H groups in total. The third-order valence-corrected chi connectivity index (χ3v) is 4.89. The summed E-state index contributed by atoms with van der Waals surface area (Å²) in [7, 11) is 0. The van der Waals surface area contributed by atoms with Gasteiger partial charge in [0.25, 0.3) is 5.91 Å². The number of anilines is 1. The monoisotopic (exact) mass is 442 g/mol. The number of nitrogens with zero attached hydrogens (tertiary/aromatic N) is 1. The smallest absolute Gasteiger partial charge is 0.339 e. The molecule has 0 atom stereocenters. The molecule has 3 aromatic carbocycles. The number of benzene rings is 3. The van der Waals surface area contributed by atoms with E-state index in [-0.39, 0.29) is 5.75 Å². The molecular weight excluding hydrogens is 420 g/mol. The fraction of sp³-hybridized carbons (Fsp3) is 0.115. The summed E-state index contributed by atoms with van der Waals surface area (Å²) in [4.78, 5) is 30.0. The molecule has 33 heavy (non-hydrogen) atoms. The van der Waals surface area contributed by atoms with Gasteiger partial charge in [-0.05, 0) is 55.5 Å². The number of esters is 1. The van der Waals surface area contributed by atoms with Crippen molar-refractivity contribution in [2.75, 3.05) is 18.5 Å². The largest absolute Gasteiger partial charge is 0.508 e. The Morgan fingerprint density at radius 1 is 0.970 bits per heavy atom. The third kappa shape index (κ3) is 5.10. The topological polar surface area (TPSA) is 97.8 Å². The van der Waals surface area contributed by atoms with Gasteiger partial charge in [0.2, 0.25) is 0 Å². The van der Waals surface area contributed by atoms with Crippen LogP contribution in [-0.4, -0.2) is 35.2 Å². The van der Waals surface area contributed by atoms with E-state index in [4.69, 9.17) is 9.47 Å². The minimum absolute atomic E-state index is 0.135. The molecule has 0 aliphatic carbocycles. The first-order valence-corrected chi connectivity index (χ1v) is 10.4. The number of aromatic nitrogens is 1.